The molecule has 2 heterocycles. The van der Waals surface area contributed by atoms with Crippen LogP contribution in [0.2, 0.25) is 0 Å². The third kappa shape index (κ3) is 7.66. The summed E-state index contributed by atoms with van der Waals surface area (Å²) in [4.78, 5) is 17.3. The van der Waals surface area contributed by atoms with Gasteiger partial charge in [-0.15, -0.1) is 0 Å². The molecule has 0 amide bonds. The molecular weight excluding hydrogens is 585 g/mol. The van der Waals surface area contributed by atoms with Crippen LogP contribution in [0.4, 0.5) is 0 Å². The maximum absolute atomic E-state index is 4.33. The zero-order chi connectivity index (χ0) is 23.2. The summed E-state index contributed by atoms with van der Waals surface area (Å²) in [7, 11) is 0. The van der Waals surface area contributed by atoms with E-state index >= 15 is 0 Å². The first-order valence-corrected chi connectivity index (χ1v) is 10.9. The van der Waals surface area contributed by atoms with Crippen LogP contribution in [0, 0.1) is 0 Å². The third-order valence-corrected chi connectivity index (χ3v) is 5.01. The molecule has 2 aromatic carbocycles. The Bertz CT molecular complexity index is 1040. The summed E-state index contributed by atoms with van der Waals surface area (Å²) < 4.78 is 0. The van der Waals surface area contributed by atoms with Crippen molar-refractivity contribution in [2.75, 3.05) is 0 Å². The molecule has 173 valence electrons. The topological polar surface area (TPSA) is 51.6 Å². The quantitative estimate of drug-likeness (QED) is 0.247. The van der Waals surface area contributed by atoms with Gasteiger partial charge in [0.2, 0.25) is 0 Å². The molecule has 0 aliphatic rings. The number of hydrogen-bond acceptors (Lipinski definition) is 4. The molecule has 0 saturated carbocycles. The number of rotatable bonds is 2. The first-order valence-electron chi connectivity index (χ1n) is 10.9. The van der Waals surface area contributed by atoms with Gasteiger partial charge in [0.05, 0.1) is 11.4 Å². The molecule has 0 aliphatic heterocycles. The van der Waals surface area contributed by atoms with Crippen LogP contribution in [0.25, 0.3) is 22.5 Å². The van der Waals surface area contributed by atoms with Gasteiger partial charge in [-0.1, -0.05) is 102 Å². The van der Waals surface area contributed by atoms with E-state index < -0.39 is 0 Å². The molecule has 0 spiro atoms. The molecule has 5 heteroatoms. The van der Waals surface area contributed by atoms with Crippen molar-refractivity contribution in [1.29, 1.82) is 0 Å². The van der Waals surface area contributed by atoms with Crippen LogP contribution in [0.1, 0.15) is 52.9 Å². The van der Waals surface area contributed by atoms with Crippen LogP contribution in [-0.4, -0.2) is 19.9 Å². The zero-order valence-corrected chi connectivity index (χ0v) is 22.6. The molecule has 1 radical (unpaired) electrons. The van der Waals surface area contributed by atoms with Gasteiger partial charge >= 0.3 is 0 Å². The van der Waals surface area contributed by atoms with Crippen molar-refractivity contribution in [3.05, 3.63) is 96.8 Å². The van der Waals surface area contributed by atoms with E-state index in [1.165, 1.54) is 0 Å². The van der Waals surface area contributed by atoms with Crippen molar-refractivity contribution in [3.8, 4) is 22.5 Å². The molecule has 4 rings (SSSR count). The van der Waals surface area contributed by atoms with Crippen molar-refractivity contribution in [2.45, 2.75) is 52.4 Å². The van der Waals surface area contributed by atoms with Crippen LogP contribution in [-0.2, 0) is 30.9 Å². The molecule has 0 unspecified atom stereocenters. The summed E-state index contributed by atoms with van der Waals surface area (Å²) in [6.45, 7) is 12.9. The van der Waals surface area contributed by atoms with Gasteiger partial charge < -0.3 is 0 Å². The van der Waals surface area contributed by atoms with Crippen molar-refractivity contribution < 1.29 is 20.1 Å². The Balaban J connectivity index is 0.000000227. The Hall–Kier alpha value is -2.75. The van der Waals surface area contributed by atoms with Gasteiger partial charge in [-0.3, -0.25) is 0 Å². The fourth-order valence-electron chi connectivity index (χ4n) is 3.07. The Morgan fingerprint density at radius 2 is 0.818 bits per heavy atom. The van der Waals surface area contributed by atoms with Gasteiger partial charge in [0, 0.05) is 53.5 Å². The summed E-state index contributed by atoms with van der Waals surface area (Å²) in [5, 5.41) is 0. The van der Waals surface area contributed by atoms with Crippen molar-refractivity contribution in [1.82, 2.24) is 19.9 Å². The van der Waals surface area contributed by atoms with E-state index in [1.54, 1.807) is 12.7 Å². The smallest absolute Gasteiger partial charge is 0.116 e. The zero-order valence-electron chi connectivity index (χ0n) is 20.2. The molecule has 0 bridgehead atoms. The third-order valence-electron chi connectivity index (χ3n) is 5.01. The predicted molar refractivity (Wildman–Crippen MR) is 132 cm³/mol. The molecule has 2 aromatic heterocycles. The Kier molecular flexibility index (Phi) is 9.16. The van der Waals surface area contributed by atoms with Gasteiger partial charge in [0.15, 0.2) is 0 Å². The Morgan fingerprint density at radius 1 is 0.485 bits per heavy atom. The van der Waals surface area contributed by atoms with Crippen molar-refractivity contribution >= 4 is 0 Å². The molecule has 0 fully saturated rings. The number of hydrogen-bond donors (Lipinski definition) is 0. The number of nitrogens with zero attached hydrogens (tertiary/aromatic N) is 4. The SMILES string of the molecule is CC(C)(C)c1cc(-c2ccccc2)ncn1.CC(C)(C)c1cc(-c2ccccc2)ncn1.[Ir]. The largest absolute Gasteiger partial charge is 0.241 e. The second-order valence-electron chi connectivity index (χ2n) is 9.81. The van der Waals surface area contributed by atoms with E-state index in [1.807, 2.05) is 36.4 Å². The minimum atomic E-state index is 0. The minimum absolute atomic E-state index is 0. The molecule has 33 heavy (non-hydrogen) atoms. The van der Waals surface area contributed by atoms with E-state index in [4.69, 9.17) is 0 Å². The van der Waals surface area contributed by atoms with E-state index in [9.17, 15) is 0 Å². The minimum Gasteiger partial charge on any atom is -0.241 e. The standard InChI is InChI=1S/2C14H16N2.Ir/c2*1-14(2,3)13-9-12(15-10-16-13)11-7-5-4-6-8-11;/h2*4-10H,1-3H3;. The van der Waals surface area contributed by atoms with Gasteiger partial charge in [-0.05, 0) is 12.1 Å². The van der Waals surface area contributed by atoms with Crippen molar-refractivity contribution in [3.63, 3.8) is 0 Å². The summed E-state index contributed by atoms with van der Waals surface area (Å²) in [5.41, 5.74) is 6.51. The summed E-state index contributed by atoms with van der Waals surface area (Å²) in [5.74, 6) is 0. The van der Waals surface area contributed by atoms with Crippen LogP contribution in [0.3, 0.4) is 0 Å². The van der Waals surface area contributed by atoms with Gasteiger partial charge in [0.1, 0.15) is 12.7 Å². The van der Waals surface area contributed by atoms with Crippen LogP contribution in [0.15, 0.2) is 85.5 Å². The van der Waals surface area contributed by atoms with Gasteiger partial charge in [0.25, 0.3) is 0 Å². The van der Waals surface area contributed by atoms with E-state index in [0.29, 0.717) is 0 Å². The molecule has 4 nitrogen and oxygen atoms in total. The first kappa shape index (κ1) is 26.5. The summed E-state index contributed by atoms with van der Waals surface area (Å²) in [6, 6.07) is 24.5. The Labute approximate surface area is 211 Å². The molecular formula is C28H32IrN4. The van der Waals surface area contributed by atoms with E-state index in [0.717, 1.165) is 33.9 Å². The fraction of sp³-hybridized carbons (Fsp3) is 0.286. The molecule has 4 aromatic rings. The average Bonchev–Trinajstić information content (AvgIpc) is 2.80. The van der Waals surface area contributed by atoms with E-state index in [-0.39, 0.29) is 30.9 Å². The maximum Gasteiger partial charge on any atom is 0.116 e. The van der Waals surface area contributed by atoms with Crippen LogP contribution in [0.5, 0.6) is 0 Å². The summed E-state index contributed by atoms with van der Waals surface area (Å²) >= 11 is 0. The van der Waals surface area contributed by atoms with E-state index in [2.05, 4.69) is 97.9 Å². The normalized spacial score (nSPS) is 11.1. The van der Waals surface area contributed by atoms with Crippen LogP contribution >= 0.6 is 0 Å². The number of aromatic nitrogens is 4. The van der Waals surface area contributed by atoms with Gasteiger partial charge in [-0.2, -0.15) is 0 Å². The molecule has 0 saturated heterocycles. The predicted octanol–water partition coefficient (Wildman–Crippen LogP) is 6.88. The second kappa shape index (κ2) is 11.4. The summed E-state index contributed by atoms with van der Waals surface area (Å²) in [6.07, 6.45) is 3.28. The van der Waals surface area contributed by atoms with Crippen LogP contribution < -0.4 is 0 Å². The molecule has 0 atom stereocenters. The fourth-order valence-corrected chi connectivity index (χ4v) is 3.07. The molecule has 0 N–H and O–H groups in total. The van der Waals surface area contributed by atoms with Crippen molar-refractivity contribution in [2.24, 2.45) is 0 Å². The molecule has 0 aliphatic carbocycles. The average molecular weight is 617 g/mol. The number of benzene rings is 2. The first-order chi connectivity index (χ1) is 15.1. The van der Waals surface area contributed by atoms with Gasteiger partial charge in [-0.25, -0.2) is 19.9 Å². The second-order valence-corrected chi connectivity index (χ2v) is 9.81. The monoisotopic (exact) mass is 617 g/mol. The maximum atomic E-state index is 4.33. The Morgan fingerprint density at radius 3 is 1.12 bits per heavy atom.